The lowest BCUT2D eigenvalue weighted by Crippen LogP contribution is -2.48. The zero-order valence-corrected chi connectivity index (χ0v) is 15.7. The van der Waals surface area contributed by atoms with Gasteiger partial charge < -0.3 is 5.73 Å². The van der Waals surface area contributed by atoms with E-state index in [1.165, 1.54) is 24.3 Å². The number of hydrogen-bond acceptors (Lipinski definition) is 2. The minimum Gasteiger partial charge on any atom is -0.369 e. The second-order valence-electron chi connectivity index (χ2n) is 7.54. The fraction of sp³-hybridized carbons (Fsp3) is 0.364. The maximum Gasteiger partial charge on any atom is 0.228 e. The number of benzene rings is 2. The molecular formula is C22H20F4N2O. The molecule has 7 heteroatoms. The highest BCUT2D eigenvalue weighted by atomic mass is 19.1. The largest absolute Gasteiger partial charge is 0.369 e. The molecule has 3 nitrogen and oxygen atoms in total. The van der Waals surface area contributed by atoms with Crippen LogP contribution in [0.3, 0.4) is 0 Å². The van der Waals surface area contributed by atoms with E-state index in [1.807, 2.05) is 6.07 Å². The van der Waals surface area contributed by atoms with Crippen LogP contribution in [0.25, 0.3) is 0 Å². The molecule has 2 N–H and O–H groups in total. The summed E-state index contributed by atoms with van der Waals surface area (Å²) in [6.07, 6.45) is 3.61. The summed E-state index contributed by atoms with van der Waals surface area (Å²) in [5.74, 6) is -3.22. The molecule has 2 aromatic carbocycles. The van der Waals surface area contributed by atoms with Crippen molar-refractivity contribution >= 4 is 5.91 Å². The summed E-state index contributed by atoms with van der Waals surface area (Å²) in [6.45, 7) is 0. The van der Waals surface area contributed by atoms with Gasteiger partial charge in [0.2, 0.25) is 5.91 Å². The van der Waals surface area contributed by atoms with Crippen molar-refractivity contribution in [1.29, 1.82) is 5.26 Å². The van der Waals surface area contributed by atoms with Gasteiger partial charge in [0.25, 0.3) is 0 Å². The average Bonchev–Trinajstić information content (AvgIpc) is 2.59. The van der Waals surface area contributed by atoms with Crippen molar-refractivity contribution in [1.82, 2.24) is 0 Å². The van der Waals surface area contributed by atoms with E-state index in [9.17, 15) is 22.4 Å². The van der Waals surface area contributed by atoms with Gasteiger partial charge in [0.05, 0.1) is 16.9 Å². The minimum atomic E-state index is -1.12. The molecule has 0 saturated heterocycles. The molecular weight excluding hydrogens is 384 g/mol. The van der Waals surface area contributed by atoms with Crippen LogP contribution in [-0.4, -0.2) is 5.91 Å². The highest BCUT2D eigenvalue weighted by Gasteiger charge is 2.47. The smallest absolute Gasteiger partial charge is 0.228 e. The first kappa shape index (κ1) is 20.8. The van der Waals surface area contributed by atoms with E-state index < -0.39 is 40.0 Å². The molecule has 2 fully saturated rings. The molecule has 2 aliphatic carbocycles. The standard InChI is InChI=1S/C11H11F2NO.C11H9F2N/c12-7-3-1-4-8(13)9(7)11(10(14)15)5-2-6-11;12-8-3-1-4-9(13)10(8)11(7-14)5-2-6-11/h1,3-4H,2,5-6H2,(H2,14,15);1,3-4H,2,5-6H2. The molecule has 0 aromatic heterocycles. The van der Waals surface area contributed by atoms with Crippen LogP contribution in [0.2, 0.25) is 0 Å². The van der Waals surface area contributed by atoms with Crippen LogP contribution >= 0.6 is 0 Å². The molecule has 0 bridgehead atoms. The van der Waals surface area contributed by atoms with E-state index in [0.717, 1.165) is 25.0 Å². The Labute approximate surface area is 166 Å². The Bertz CT molecular complexity index is 935. The van der Waals surface area contributed by atoms with Crippen LogP contribution in [0.15, 0.2) is 36.4 Å². The van der Waals surface area contributed by atoms with Crippen LogP contribution in [0.4, 0.5) is 17.6 Å². The van der Waals surface area contributed by atoms with Crippen LogP contribution < -0.4 is 5.73 Å². The molecule has 0 atom stereocenters. The first-order chi connectivity index (χ1) is 13.8. The third kappa shape index (κ3) is 3.48. The van der Waals surface area contributed by atoms with Gasteiger partial charge in [-0.3, -0.25) is 4.79 Å². The summed E-state index contributed by atoms with van der Waals surface area (Å²) < 4.78 is 53.7. The Balaban J connectivity index is 0.000000166. The van der Waals surface area contributed by atoms with Gasteiger partial charge in [-0.15, -0.1) is 0 Å². The van der Waals surface area contributed by atoms with E-state index in [4.69, 9.17) is 11.0 Å². The Morgan fingerprint density at radius 3 is 1.52 bits per heavy atom. The van der Waals surface area contributed by atoms with Gasteiger partial charge >= 0.3 is 0 Å². The van der Waals surface area contributed by atoms with Crippen molar-refractivity contribution in [2.75, 3.05) is 0 Å². The third-order valence-electron chi connectivity index (χ3n) is 5.98. The van der Waals surface area contributed by atoms with Crippen LogP contribution in [0.5, 0.6) is 0 Å². The first-order valence-electron chi connectivity index (χ1n) is 9.37. The minimum absolute atomic E-state index is 0.0475. The second-order valence-corrected chi connectivity index (χ2v) is 7.54. The predicted molar refractivity (Wildman–Crippen MR) is 98.6 cm³/mol. The first-order valence-corrected chi connectivity index (χ1v) is 9.37. The maximum atomic E-state index is 13.5. The van der Waals surface area contributed by atoms with Gasteiger partial charge in [0, 0.05) is 11.1 Å². The summed E-state index contributed by atoms with van der Waals surface area (Å²) in [4.78, 5) is 11.3. The lowest BCUT2D eigenvalue weighted by atomic mass is 9.63. The molecule has 2 aromatic rings. The average molecular weight is 404 g/mol. The highest BCUT2D eigenvalue weighted by molar-refractivity contribution is 5.87. The number of carbonyl (C=O) groups excluding carboxylic acids is 1. The number of carbonyl (C=O) groups is 1. The second kappa shape index (κ2) is 7.86. The normalized spacial score (nSPS) is 18.3. The van der Waals surface area contributed by atoms with E-state index in [2.05, 4.69) is 0 Å². The Morgan fingerprint density at radius 2 is 1.24 bits per heavy atom. The lowest BCUT2D eigenvalue weighted by Gasteiger charge is -2.39. The molecule has 0 heterocycles. The molecule has 0 unspecified atom stereocenters. The Kier molecular flexibility index (Phi) is 5.65. The van der Waals surface area contributed by atoms with Crippen molar-refractivity contribution < 1.29 is 22.4 Å². The van der Waals surface area contributed by atoms with Gasteiger partial charge in [0.15, 0.2) is 0 Å². The number of amides is 1. The van der Waals surface area contributed by atoms with Crippen molar-refractivity contribution in [3.8, 4) is 6.07 Å². The molecule has 152 valence electrons. The number of nitrogens with two attached hydrogens (primary N) is 1. The SMILES string of the molecule is N#CC1(c2c(F)cccc2F)CCC1.NC(=O)C1(c2c(F)cccc2F)CCC1. The number of rotatable bonds is 3. The van der Waals surface area contributed by atoms with Crippen molar-refractivity contribution in [2.24, 2.45) is 5.73 Å². The number of halogens is 4. The van der Waals surface area contributed by atoms with Gasteiger partial charge in [-0.1, -0.05) is 18.6 Å². The molecule has 1 amide bonds. The molecule has 2 saturated carbocycles. The van der Waals surface area contributed by atoms with Crippen LogP contribution in [0, 0.1) is 34.6 Å². The number of nitriles is 1. The summed E-state index contributed by atoms with van der Waals surface area (Å²) in [6, 6.07) is 9.35. The highest BCUT2D eigenvalue weighted by Crippen LogP contribution is 2.46. The molecule has 0 radical (unpaired) electrons. The number of primary amides is 1. The quantitative estimate of drug-likeness (QED) is 0.748. The summed E-state index contributed by atoms with van der Waals surface area (Å²) in [7, 11) is 0. The van der Waals surface area contributed by atoms with E-state index in [1.54, 1.807) is 0 Å². The van der Waals surface area contributed by atoms with Crippen molar-refractivity contribution in [3.05, 3.63) is 70.8 Å². The van der Waals surface area contributed by atoms with Crippen molar-refractivity contribution in [3.63, 3.8) is 0 Å². The molecule has 4 rings (SSSR count). The van der Waals surface area contributed by atoms with Crippen LogP contribution in [0.1, 0.15) is 49.7 Å². The molecule has 0 spiro atoms. The number of nitrogens with zero attached hydrogens (tertiary/aromatic N) is 1. The molecule has 29 heavy (non-hydrogen) atoms. The van der Waals surface area contributed by atoms with E-state index >= 15 is 0 Å². The third-order valence-corrected chi connectivity index (χ3v) is 5.98. The van der Waals surface area contributed by atoms with Gasteiger partial charge in [-0.05, 0) is 56.4 Å². The molecule has 2 aliphatic rings. The molecule has 0 aliphatic heterocycles. The number of hydrogen-bond donors (Lipinski definition) is 1. The topological polar surface area (TPSA) is 66.9 Å². The van der Waals surface area contributed by atoms with E-state index in [0.29, 0.717) is 25.7 Å². The summed E-state index contributed by atoms with van der Waals surface area (Å²) in [5.41, 5.74) is 3.00. The van der Waals surface area contributed by atoms with E-state index in [-0.39, 0.29) is 11.1 Å². The zero-order chi connectivity index (χ0) is 21.2. The summed E-state index contributed by atoms with van der Waals surface area (Å²) in [5, 5.41) is 8.96. The van der Waals surface area contributed by atoms with Crippen LogP contribution in [-0.2, 0) is 15.6 Å². The Hall–Kier alpha value is -2.88. The van der Waals surface area contributed by atoms with Gasteiger partial charge in [-0.25, -0.2) is 17.6 Å². The zero-order valence-electron chi connectivity index (χ0n) is 15.7. The maximum absolute atomic E-state index is 13.5. The fourth-order valence-corrected chi connectivity index (χ4v) is 4.01. The fourth-order valence-electron chi connectivity index (χ4n) is 4.01. The van der Waals surface area contributed by atoms with Crippen molar-refractivity contribution in [2.45, 2.75) is 49.4 Å². The monoisotopic (exact) mass is 404 g/mol. The Morgan fingerprint density at radius 1 is 0.828 bits per heavy atom. The summed E-state index contributed by atoms with van der Waals surface area (Å²) >= 11 is 0. The lowest BCUT2D eigenvalue weighted by molar-refractivity contribution is -0.126. The van der Waals surface area contributed by atoms with Gasteiger partial charge in [-0.2, -0.15) is 5.26 Å². The van der Waals surface area contributed by atoms with Gasteiger partial charge in [0.1, 0.15) is 23.3 Å². The predicted octanol–water partition coefficient (Wildman–Crippen LogP) is 4.78.